The fourth-order valence-electron chi connectivity index (χ4n) is 1.64. The van der Waals surface area contributed by atoms with Crippen LogP contribution >= 0.6 is 0 Å². The van der Waals surface area contributed by atoms with E-state index >= 15 is 0 Å². The maximum Gasteiger partial charge on any atom is 0.326 e. The molecule has 6 amide bonds. The molecule has 0 aliphatic carbocycles. The predicted octanol–water partition coefficient (Wildman–Crippen LogP) is -0.928. The van der Waals surface area contributed by atoms with E-state index in [4.69, 9.17) is 0 Å². The predicted molar refractivity (Wildman–Crippen MR) is 56.7 cm³/mol. The first kappa shape index (κ1) is 12.9. The van der Waals surface area contributed by atoms with E-state index in [0.29, 0.717) is 6.54 Å². The molecular formula is C9H14N4O4. The topological polar surface area (TPSA) is 98.8 Å². The Morgan fingerprint density at radius 1 is 1.65 bits per heavy atom. The van der Waals surface area contributed by atoms with Crippen LogP contribution in [0.15, 0.2) is 0 Å². The zero-order valence-electron chi connectivity index (χ0n) is 9.60. The van der Waals surface area contributed by atoms with Gasteiger partial charge in [0.2, 0.25) is 12.3 Å². The smallest absolute Gasteiger partial charge is 0.304 e. The average Bonchev–Trinajstić information content (AvgIpc) is 2.59. The third-order valence-electron chi connectivity index (χ3n) is 2.51. The van der Waals surface area contributed by atoms with Gasteiger partial charge in [-0.2, -0.15) is 0 Å². The van der Waals surface area contributed by atoms with Crippen molar-refractivity contribution in [2.75, 3.05) is 13.1 Å². The van der Waals surface area contributed by atoms with Gasteiger partial charge in [-0.25, -0.2) is 9.59 Å². The van der Waals surface area contributed by atoms with Crippen LogP contribution in [-0.2, 0) is 9.59 Å². The Morgan fingerprint density at radius 2 is 2.29 bits per heavy atom. The second-order valence-electron chi connectivity index (χ2n) is 3.47. The first-order valence-corrected chi connectivity index (χ1v) is 5.12. The Morgan fingerprint density at radius 3 is 2.71 bits per heavy atom. The molecule has 1 unspecified atom stereocenters. The Balaban J connectivity index is 2.75. The van der Waals surface area contributed by atoms with Gasteiger partial charge in [0.15, 0.2) is 0 Å². The van der Waals surface area contributed by atoms with E-state index in [0.717, 1.165) is 0 Å². The third kappa shape index (κ3) is 2.71. The molecular weight excluding hydrogens is 228 g/mol. The van der Waals surface area contributed by atoms with Crippen LogP contribution in [0.3, 0.4) is 0 Å². The number of nitrogens with zero attached hydrogens (tertiary/aromatic N) is 2. The maximum atomic E-state index is 11.5. The summed E-state index contributed by atoms with van der Waals surface area (Å²) >= 11 is 0. The summed E-state index contributed by atoms with van der Waals surface area (Å²) in [6.07, 6.45) is -0.334. The molecule has 94 valence electrons. The van der Waals surface area contributed by atoms with Crippen LogP contribution in [0.5, 0.6) is 0 Å². The number of urea groups is 2. The van der Waals surface area contributed by atoms with E-state index in [2.05, 4.69) is 5.32 Å². The van der Waals surface area contributed by atoms with E-state index in [-0.39, 0.29) is 13.0 Å². The fourth-order valence-corrected chi connectivity index (χ4v) is 1.64. The lowest BCUT2D eigenvalue weighted by Crippen LogP contribution is -2.53. The van der Waals surface area contributed by atoms with Crippen molar-refractivity contribution >= 4 is 24.4 Å². The van der Waals surface area contributed by atoms with E-state index in [1.165, 1.54) is 9.80 Å². The molecule has 0 aromatic heterocycles. The monoisotopic (exact) mass is 242 g/mol. The van der Waals surface area contributed by atoms with Crippen LogP contribution in [0, 0.1) is 0 Å². The quantitative estimate of drug-likeness (QED) is 0.491. The van der Waals surface area contributed by atoms with Crippen LogP contribution in [-0.4, -0.2) is 53.4 Å². The molecule has 1 aliphatic heterocycles. The second-order valence-corrected chi connectivity index (χ2v) is 3.47. The Bertz CT molecular complexity index is 357. The molecule has 1 heterocycles. The molecule has 2 N–H and O–H groups in total. The molecule has 1 saturated heterocycles. The normalized spacial score (nSPS) is 16.5. The van der Waals surface area contributed by atoms with Crippen molar-refractivity contribution in [3.63, 3.8) is 0 Å². The molecule has 1 fully saturated rings. The number of amides is 6. The van der Waals surface area contributed by atoms with Crippen LogP contribution in [0.4, 0.5) is 9.59 Å². The van der Waals surface area contributed by atoms with Gasteiger partial charge in [0.1, 0.15) is 12.7 Å². The summed E-state index contributed by atoms with van der Waals surface area (Å²) in [4.78, 5) is 46.6. The molecule has 8 heteroatoms. The van der Waals surface area contributed by atoms with Crippen molar-refractivity contribution in [2.24, 2.45) is 0 Å². The summed E-state index contributed by atoms with van der Waals surface area (Å²) in [5, 5.41) is 4.11. The van der Waals surface area contributed by atoms with Gasteiger partial charge in [-0.05, 0) is 13.8 Å². The molecule has 1 aliphatic rings. The minimum atomic E-state index is -0.609. The lowest BCUT2D eigenvalue weighted by atomic mass is 10.4. The number of carbonyl (C=O) groups excluding carboxylic acids is 4. The SMILES string of the molecule is CCN(C(=O)NC=O)C(C)N1CC(=O)NC1=O. The molecule has 8 nitrogen and oxygen atoms in total. The number of carbonyl (C=O) groups is 4. The number of hydrogen-bond donors (Lipinski definition) is 2. The Labute approximate surface area is 97.9 Å². The maximum absolute atomic E-state index is 11.5. The molecule has 1 atom stereocenters. The minimum absolute atomic E-state index is 0.0924. The summed E-state index contributed by atoms with van der Waals surface area (Å²) in [6.45, 7) is 3.52. The van der Waals surface area contributed by atoms with Gasteiger partial charge >= 0.3 is 12.1 Å². The van der Waals surface area contributed by atoms with E-state index in [1.807, 2.05) is 5.32 Å². The Kier molecular flexibility index (Phi) is 4.02. The minimum Gasteiger partial charge on any atom is -0.304 e. The second kappa shape index (κ2) is 5.28. The third-order valence-corrected chi connectivity index (χ3v) is 2.51. The molecule has 0 saturated carbocycles. The van der Waals surface area contributed by atoms with Gasteiger partial charge < -0.3 is 4.90 Å². The van der Waals surface area contributed by atoms with Crippen LogP contribution < -0.4 is 10.6 Å². The van der Waals surface area contributed by atoms with Crippen LogP contribution in [0.25, 0.3) is 0 Å². The van der Waals surface area contributed by atoms with E-state index in [1.54, 1.807) is 13.8 Å². The highest BCUT2D eigenvalue weighted by Gasteiger charge is 2.34. The zero-order valence-corrected chi connectivity index (χ0v) is 9.60. The fraction of sp³-hybridized carbons (Fsp3) is 0.556. The van der Waals surface area contributed by atoms with Crippen LogP contribution in [0.2, 0.25) is 0 Å². The van der Waals surface area contributed by atoms with Gasteiger partial charge in [-0.3, -0.25) is 25.1 Å². The van der Waals surface area contributed by atoms with Gasteiger partial charge in [-0.1, -0.05) is 0 Å². The molecule has 0 bridgehead atoms. The summed E-state index contributed by atoms with van der Waals surface area (Å²) in [5.41, 5.74) is 0. The van der Waals surface area contributed by atoms with Crippen molar-refractivity contribution in [1.82, 2.24) is 20.4 Å². The van der Waals surface area contributed by atoms with Crippen molar-refractivity contribution < 1.29 is 19.2 Å². The summed E-state index contributed by atoms with van der Waals surface area (Å²) < 4.78 is 0. The average molecular weight is 242 g/mol. The number of rotatable bonds is 4. The first-order chi connectivity index (χ1) is 8.01. The molecule has 0 radical (unpaired) electrons. The zero-order chi connectivity index (χ0) is 13.0. The van der Waals surface area contributed by atoms with Gasteiger partial charge in [-0.15, -0.1) is 0 Å². The summed E-state index contributed by atoms with van der Waals surface area (Å²) in [7, 11) is 0. The lowest BCUT2D eigenvalue weighted by molar-refractivity contribution is -0.118. The molecule has 0 aromatic carbocycles. The van der Waals surface area contributed by atoms with Gasteiger partial charge in [0.05, 0.1) is 0 Å². The molecule has 1 rings (SSSR count). The summed E-state index contributed by atoms with van der Waals surface area (Å²) in [6, 6.07) is -1.15. The standard InChI is InChI=1S/C9H14N4O4/c1-3-12(8(16)10-5-14)6(2)13-4-7(15)11-9(13)17/h5-6H,3-4H2,1-2H3,(H,10,14,16)(H,11,15,17). The van der Waals surface area contributed by atoms with Crippen molar-refractivity contribution in [3.05, 3.63) is 0 Å². The highest BCUT2D eigenvalue weighted by molar-refractivity contribution is 6.02. The molecule has 0 spiro atoms. The van der Waals surface area contributed by atoms with Crippen molar-refractivity contribution in [3.8, 4) is 0 Å². The highest BCUT2D eigenvalue weighted by Crippen LogP contribution is 2.09. The molecule has 17 heavy (non-hydrogen) atoms. The Hall–Kier alpha value is -2.12. The number of imide groups is 2. The van der Waals surface area contributed by atoms with Gasteiger partial charge in [0, 0.05) is 6.54 Å². The largest absolute Gasteiger partial charge is 0.326 e. The summed E-state index contributed by atoms with van der Waals surface area (Å²) in [5.74, 6) is -0.409. The van der Waals surface area contributed by atoms with Crippen molar-refractivity contribution in [1.29, 1.82) is 0 Å². The van der Waals surface area contributed by atoms with Crippen LogP contribution in [0.1, 0.15) is 13.8 Å². The number of hydrogen-bond acceptors (Lipinski definition) is 4. The number of nitrogens with one attached hydrogen (secondary N) is 2. The first-order valence-electron chi connectivity index (χ1n) is 5.12. The lowest BCUT2D eigenvalue weighted by Gasteiger charge is -2.32. The highest BCUT2D eigenvalue weighted by atomic mass is 16.2. The van der Waals surface area contributed by atoms with E-state index < -0.39 is 24.1 Å². The van der Waals surface area contributed by atoms with Gasteiger partial charge in [0.25, 0.3) is 0 Å². The molecule has 0 aromatic rings. The van der Waals surface area contributed by atoms with Crippen molar-refractivity contribution in [2.45, 2.75) is 20.0 Å². The van der Waals surface area contributed by atoms with E-state index in [9.17, 15) is 19.2 Å².